The molecule has 0 fully saturated rings. The van der Waals surface area contributed by atoms with Crippen molar-refractivity contribution < 1.29 is 9.47 Å². The zero-order chi connectivity index (χ0) is 12.7. The number of hydrogen-bond donors (Lipinski definition) is 0. The van der Waals surface area contributed by atoms with Gasteiger partial charge in [0.15, 0.2) is 6.29 Å². The number of ether oxygens (including phenoxy) is 2. The zero-order valence-electron chi connectivity index (χ0n) is 9.86. The number of thioether (sulfide) groups is 1. The van der Waals surface area contributed by atoms with Gasteiger partial charge >= 0.3 is 0 Å². The molecule has 2 nitrogen and oxygen atoms in total. The van der Waals surface area contributed by atoms with Gasteiger partial charge in [0.2, 0.25) is 0 Å². The molecule has 0 amide bonds. The van der Waals surface area contributed by atoms with Gasteiger partial charge < -0.3 is 9.47 Å². The molecule has 17 heavy (non-hydrogen) atoms. The average Bonchev–Trinajstić information content (AvgIpc) is 2.26. The summed E-state index contributed by atoms with van der Waals surface area (Å²) < 4.78 is 11.2. The first-order valence-electron chi connectivity index (χ1n) is 5.37. The number of hydrogen-bond acceptors (Lipinski definition) is 3. The van der Waals surface area contributed by atoms with Crippen molar-refractivity contribution in [2.45, 2.75) is 29.1 Å². The summed E-state index contributed by atoms with van der Waals surface area (Å²) in [7, 11) is 0. The van der Waals surface area contributed by atoms with Crippen molar-refractivity contribution in [1.29, 1.82) is 0 Å². The third kappa shape index (κ3) is 7.51. The average molecular weight is 387 g/mol. The van der Waals surface area contributed by atoms with Gasteiger partial charge in [-0.15, -0.1) is 11.8 Å². The van der Waals surface area contributed by atoms with E-state index in [0.29, 0.717) is 6.61 Å². The van der Waals surface area contributed by atoms with Crippen LogP contribution in [0.4, 0.5) is 0 Å². The molecule has 1 aromatic carbocycles. The van der Waals surface area contributed by atoms with E-state index in [4.69, 9.17) is 21.1 Å². The van der Waals surface area contributed by atoms with Gasteiger partial charge in [-0.2, -0.15) is 0 Å². The number of rotatable bonds is 7. The quantitative estimate of drug-likeness (QED) is 0.224. The normalized spacial score (nSPS) is 14.6. The smallest absolute Gasteiger partial charge is 0.156 e. The Labute approximate surface area is 126 Å². The van der Waals surface area contributed by atoms with E-state index in [9.17, 15) is 0 Å². The Morgan fingerprint density at radius 1 is 1.29 bits per heavy atom. The molecule has 0 radical (unpaired) electrons. The molecule has 0 aromatic heterocycles. The second-order valence-electron chi connectivity index (χ2n) is 3.42. The van der Waals surface area contributed by atoms with Gasteiger partial charge in [0.1, 0.15) is 4.11 Å². The van der Waals surface area contributed by atoms with Crippen LogP contribution < -0.4 is 0 Å². The van der Waals surface area contributed by atoms with E-state index in [1.165, 1.54) is 4.90 Å². The van der Waals surface area contributed by atoms with E-state index in [1.54, 1.807) is 11.8 Å². The van der Waals surface area contributed by atoms with Gasteiger partial charge in [0.25, 0.3) is 0 Å². The van der Waals surface area contributed by atoms with Crippen LogP contribution in [0.1, 0.15) is 13.8 Å². The number of halogens is 2. The molecule has 0 aliphatic rings. The van der Waals surface area contributed by atoms with Crippen LogP contribution in [0.3, 0.4) is 0 Å². The number of alkyl halides is 1. The summed E-state index contributed by atoms with van der Waals surface area (Å²) in [5.74, 6) is 0.908. The van der Waals surface area contributed by atoms with Crippen LogP contribution >= 0.6 is 46.0 Å². The zero-order valence-corrected chi connectivity index (χ0v) is 13.6. The second-order valence-corrected chi connectivity index (χ2v) is 6.78. The minimum atomic E-state index is -0.146. The predicted octanol–water partition coefficient (Wildman–Crippen LogP) is 4.59. The van der Waals surface area contributed by atoms with Gasteiger partial charge in [-0.05, 0) is 38.1 Å². The van der Waals surface area contributed by atoms with E-state index < -0.39 is 0 Å². The summed E-state index contributed by atoms with van der Waals surface area (Å²) in [5.41, 5.74) is 0. The van der Waals surface area contributed by atoms with Crippen LogP contribution in [0.5, 0.6) is 0 Å². The molecule has 0 saturated carbocycles. The van der Waals surface area contributed by atoms with Crippen molar-refractivity contribution in [2.24, 2.45) is 0 Å². The van der Waals surface area contributed by atoms with Crippen molar-refractivity contribution in [3.63, 3.8) is 0 Å². The Kier molecular flexibility index (Phi) is 7.86. The highest BCUT2D eigenvalue weighted by molar-refractivity contribution is 14.1. The Bertz CT molecular complexity index is 319. The van der Waals surface area contributed by atoms with Crippen molar-refractivity contribution in [2.75, 3.05) is 12.4 Å². The van der Waals surface area contributed by atoms with Crippen molar-refractivity contribution in [3.8, 4) is 0 Å². The lowest BCUT2D eigenvalue weighted by Gasteiger charge is -2.15. The highest BCUT2D eigenvalue weighted by atomic mass is 127. The summed E-state index contributed by atoms with van der Waals surface area (Å²) in [4.78, 5) is 1.20. The Morgan fingerprint density at radius 2 is 1.94 bits per heavy atom. The van der Waals surface area contributed by atoms with Crippen molar-refractivity contribution in [3.05, 3.63) is 29.3 Å². The Balaban J connectivity index is 2.13. The van der Waals surface area contributed by atoms with E-state index in [0.717, 1.165) is 10.8 Å². The summed E-state index contributed by atoms with van der Waals surface area (Å²) >= 11 is 9.77. The molecule has 1 rings (SSSR count). The monoisotopic (exact) mass is 386 g/mol. The molecule has 0 heterocycles. The summed E-state index contributed by atoms with van der Waals surface area (Å²) in [6, 6.07) is 7.82. The summed E-state index contributed by atoms with van der Waals surface area (Å²) in [6.07, 6.45) is -0.146. The van der Waals surface area contributed by atoms with E-state index in [2.05, 4.69) is 22.6 Å². The predicted molar refractivity (Wildman–Crippen MR) is 82.2 cm³/mol. The fourth-order valence-corrected chi connectivity index (χ4v) is 2.49. The lowest BCUT2D eigenvalue weighted by molar-refractivity contribution is -0.127. The highest BCUT2D eigenvalue weighted by Crippen LogP contribution is 2.20. The third-order valence-electron chi connectivity index (χ3n) is 1.90. The maximum atomic E-state index is 5.81. The lowest BCUT2D eigenvalue weighted by Crippen LogP contribution is -2.17. The molecule has 0 spiro atoms. The standard InChI is InChI=1S/C12H16ClIO2S/c1-9(14)16-10(2)15-7-8-17-12-5-3-11(13)4-6-12/h3-6,9-10H,7-8H2,1-2H3. The van der Waals surface area contributed by atoms with Crippen LogP contribution in [0.25, 0.3) is 0 Å². The van der Waals surface area contributed by atoms with Gasteiger partial charge in [0, 0.05) is 15.7 Å². The summed E-state index contributed by atoms with van der Waals surface area (Å²) in [5, 5.41) is 0.767. The van der Waals surface area contributed by atoms with E-state index in [1.807, 2.05) is 38.1 Å². The molecule has 5 heteroatoms. The third-order valence-corrected chi connectivity index (χ3v) is 3.42. The highest BCUT2D eigenvalue weighted by Gasteiger charge is 2.05. The van der Waals surface area contributed by atoms with Crippen LogP contribution in [0.2, 0.25) is 5.02 Å². The van der Waals surface area contributed by atoms with Gasteiger partial charge in [-0.25, -0.2) is 0 Å². The fraction of sp³-hybridized carbons (Fsp3) is 0.500. The Hall–Kier alpha value is 0.510. The first-order valence-corrected chi connectivity index (χ1v) is 7.98. The van der Waals surface area contributed by atoms with Crippen LogP contribution in [-0.2, 0) is 9.47 Å². The molecule has 0 N–H and O–H groups in total. The van der Waals surface area contributed by atoms with Crippen LogP contribution in [0, 0.1) is 0 Å². The maximum absolute atomic E-state index is 5.81. The fourth-order valence-electron chi connectivity index (χ4n) is 1.21. The first-order chi connectivity index (χ1) is 8.08. The molecular formula is C12H16ClIO2S. The van der Waals surface area contributed by atoms with Gasteiger partial charge in [0.05, 0.1) is 6.61 Å². The minimum absolute atomic E-state index is 0.146. The molecule has 2 atom stereocenters. The molecule has 0 saturated heterocycles. The maximum Gasteiger partial charge on any atom is 0.156 e. The first kappa shape index (κ1) is 15.6. The van der Waals surface area contributed by atoms with Gasteiger partial charge in [-0.3, -0.25) is 0 Å². The molecule has 1 aromatic rings. The minimum Gasteiger partial charge on any atom is -0.352 e. The molecule has 96 valence electrons. The van der Waals surface area contributed by atoms with Crippen molar-refractivity contribution in [1.82, 2.24) is 0 Å². The second kappa shape index (κ2) is 8.58. The summed E-state index contributed by atoms with van der Waals surface area (Å²) in [6.45, 7) is 4.59. The van der Waals surface area contributed by atoms with Crippen LogP contribution in [-0.4, -0.2) is 22.8 Å². The molecule has 2 unspecified atom stereocenters. The molecular weight excluding hydrogens is 371 g/mol. The van der Waals surface area contributed by atoms with E-state index in [-0.39, 0.29) is 10.4 Å². The van der Waals surface area contributed by atoms with Gasteiger partial charge in [-0.1, -0.05) is 34.2 Å². The van der Waals surface area contributed by atoms with E-state index >= 15 is 0 Å². The van der Waals surface area contributed by atoms with Crippen molar-refractivity contribution >= 4 is 46.0 Å². The van der Waals surface area contributed by atoms with Crippen LogP contribution in [0.15, 0.2) is 29.2 Å². The lowest BCUT2D eigenvalue weighted by atomic mass is 10.4. The largest absolute Gasteiger partial charge is 0.352 e. The SMILES string of the molecule is CC(I)OC(C)OCCSc1ccc(Cl)cc1. The molecule has 0 bridgehead atoms. The molecule has 0 aliphatic heterocycles. The molecule has 0 aliphatic carbocycles. The number of benzene rings is 1. The Morgan fingerprint density at radius 3 is 2.53 bits per heavy atom. The topological polar surface area (TPSA) is 18.5 Å².